The lowest BCUT2D eigenvalue weighted by Crippen LogP contribution is -2.16. The van der Waals surface area contributed by atoms with E-state index in [1.54, 1.807) is 24.3 Å². The van der Waals surface area contributed by atoms with Crippen molar-refractivity contribution in [1.29, 1.82) is 5.26 Å². The van der Waals surface area contributed by atoms with Crippen molar-refractivity contribution in [3.8, 4) is 17.6 Å². The molecular formula is C19H16F4N2O2. The maximum absolute atomic E-state index is 12.1. The summed E-state index contributed by atoms with van der Waals surface area (Å²) in [7, 11) is 0. The zero-order chi connectivity index (χ0) is 19.7. The van der Waals surface area contributed by atoms with Crippen LogP contribution in [0, 0.1) is 11.3 Å². The first-order valence-corrected chi connectivity index (χ1v) is 7.93. The Labute approximate surface area is 153 Å². The number of anilines is 1. The van der Waals surface area contributed by atoms with Gasteiger partial charge in [0.05, 0.1) is 18.9 Å². The van der Waals surface area contributed by atoms with Crippen molar-refractivity contribution in [1.82, 2.24) is 0 Å². The van der Waals surface area contributed by atoms with Gasteiger partial charge in [-0.15, -0.1) is 13.2 Å². The molecule has 0 bridgehead atoms. The van der Waals surface area contributed by atoms with Gasteiger partial charge in [-0.1, -0.05) is 0 Å². The van der Waals surface area contributed by atoms with E-state index in [1.165, 1.54) is 30.5 Å². The molecule has 27 heavy (non-hydrogen) atoms. The first-order chi connectivity index (χ1) is 12.9. The number of benzene rings is 2. The van der Waals surface area contributed by atoms with Gasteiger partial charge in [0, 0.05) is 18.3 Å². The molecule has 0 amide bonds. The van der Waals surface area contributed by atoms with Crippen LogP contribution in [0.2, 0.25) is 0 Å². The van der Waals surface area contributed by atoms with Gasteiger partial charge in [-0.25, -0.2) is 0 Å². The van der Waals surface area contributed by atoms with E-state index in [0.717, 1.165) is 0 Å². The van der Waals surface area contributed by atoms with Gasteiger partial charge in [0.2, 0.25) is 0 Å². The zero-order valence-corrected chi connectivity index (χ0v) is 14.1. The SMILES string of the molecule is N#CC(=CNc1ccc(OC(F)(F)F)cc1)c1ccc(OCCCF)cc1. The average Bonchev–Trinajstić information content (AvgIpc) is 2.64. The standard InChI is InChI=1S/C19H16F4N2O2/c20-10-1-11-26-17-6-2-14(3-7-17)15(12-24)13-25-16-4-8-18(9-5-16)27-19(21,22)23/h2-9,13,25H,1,10-11H2. The minimum atomic E-state index is -4.75. The first kappa shape index (κ1) is 20.1. The highest BCUT2D eigenvalue weighted by Gasteiger charge is 2.30. The first-order valence-electron chi connectivity index (χ1n) is 7.93. The van der Waals surface area contributed by atoms with E-state index in [9.17, 15) is 22.8 Å². The van der Waals surface area contributed by atoms with Crippen LogP contribution in [-0.4, -0.2) is 19.6 Å². The predicted octanol–water partition coefficient (Wildman–Crippen LogP) is 5.30. The Morgan fingerprint density at radius 3 is 2.22 bits per heavy atom. The van der Waals surface area contributed by atoms with Crippen LogP contribution in [0.15, 0.2) is 54.7 Å². The number of nitrogens with zero attached hydrogens (tertiary/aromatic N) is 1. The minimum absolute atomic E-state index is 0.270. The molecule has 0 atom stereocenters. The molecule has 4 nitrogen and oxygen atoms in total. The third-order valence-corrected chi connectivity index (χ3v) is 3.30. The summed E-state index contributed by atoms with van der Waals surface area (Å²) in [4.78, 5) is 0. The Kier molecular flexibility index (Phi) is 7.06. The number of nitrogens with one attached hydrogen (secondary N) is 1. The van der Waals surface area contributed by atoms with Crippen molar-refractivity contribution < 1.29 is 27.0 Å². The fourth-order valence-electron chi connectivity index (χ4n) is 2.06. The Morgan fingerprint density at radius 2 is 1.67 bits per heavy atom. The molecule has 0 heterocycles. The lowest BCUT2D eigenvalue weighted by atomic mass is 10.1. The van der Waals surface area contributed by atoms with Crippen molar-refractivity contribution in [2.24, 2.45) is 0 Å². The van der Waals surface area contributed by atoms with Crippen molar-refractivity contribution in [2.75, 3.05) is 18.6 Å². The third-order valence-electron chi connectivity index (χ3n) is 3.30. The van der Waals surface area contributed by atoms with Gasteiger partial charge in [-0.05, 0) is 54.1 Å². The highest BCUT2D eigenvalue weighted by atomic mass is 19.4. The molecule has 2 rings (SSSR count). The Morgan fingerprint density at radius 1 is 1.04 bits per heavy atom. The van der Waals surface area contributed by atoms with Crippen molar-refractivity contribution in [2.45, 2.75) is 12.8 Å². The van der Waals surface area contributed by atoms with Crippen LogP contribution in [0.3, 0.4) is 0 Å². The lowest BCUT2D eigenvalue weighted by molar-refractivity contribution is -0.274. The number of hydrogen-bond acceptors (Lipinski definition) is 4. The van der Waals surface area contributed by atoms with Crippen LogP contribution in [0.4, 0.5) is 23.2 Å². The summed E-state index contributed by atoms with van der Waals surface area (Å²) in [6.07, 6.45) is -3.00. The summed E-state index contributed by atoms with van der Waals surface area (Å²) in [5.41, 5.74) is 1.43. The molecule has 0 aromatic heterocycles. The maximum atomic E-state index is 12.1. The van der Waals surface area contributed by atoms with Crippen LogP contribution in [0.25, 0.3) is 5.57 Å². The second-order valence-corrected chi connectivity index (χ2v) is 5.30. The van der Waals surface area contributed by atoms with Gasteiger partial charge in [0.15, 0.2) is 0 Å². The fourth-order valence-corrected chi connectivity index (χ4v) is 2.06. The monoisotopic (exact) mass is 380 g/mol. The van der Waals surface area contributed by atoms with E-state index >= 15 is 0 Å². The number of nitriles is 1. The highest BCUT2D eigenvalue weighted by Crippen LogP contribution is 2.24. The molecule has 0 radical (unpaired) electrons. The molecular weight excluding hydrogens is 364 g/mol. The highest BCUT2D eigenvalue weighted by molar-refractivity contribution is 5.78. The molecule has 0 fully saturated rings. The average molecular weight is 380 g/mol. The smallest absolute Gasteiger partial charge is 0.493 e. The molecule has 0 spiro atoms. The van der Waals surface area contributed by atoms with E-state index in [2.05, 4.69) is 10.1 Å². The van der Waals surface area contributed by atoms with Gasteiger partial charge in [0.1, 0.15) is 17.6 Å². The van der Waals surface area contributed by atoms with Gasteiger partial charge in [-0.2, -0.15) is 5.26 Å². The quantitative estimate of drug-likeness (QED) is 0.384. The molecule has 142 valence electrons. The molecule has 2 aromatic rings. The Hall–Kier alpha value is -3.21. The van der Waals surface area contributed by atoms with E-state index in [-0.39, 0.29) is 12.4 Å². The van der Waals surface area contributed by atoms with E-state index in [0.29, 0.717) is 29.0 Å². The van der Waals surface area contributed by atoms with Crippen LogP contribution >= 0.6 is 0 Å². The summed E-state index contributed by atoms with van der Waals surface area (Å²) in [6.45, 7) is -0.180. The largest absolute Gasteiger partial charge is 0.573 e. The fraction of sp³-hybridized carbons (Fsp3) is 0.211. The second-order valence-electron chi connectivity index (χ2n) is 5.30. The van der Waals surface area contributed by atoms with Crippen LogP contribution in [0.1, 0.15) is 12.0 Å². The van der Waals surface area contributed by atoms with Gasteiger partial charge in [0.25, 0.3) is 0 Å². The number of rotatable bonds is 8. The van der Waals surface area contributed by atoms with E-state index in [4.69, 9.17) is 4.74 Å². The van der Waals surface area contributed by atoms with Crippen molar-refractivity contribution in [3.05, 3.63) is 60.3 Å². The number of ether oxygens (including phenoxy) is 2. The summed E-state index contributed by atoms with van der Waals surface area (Å²) in [5, 5.41) is 12.1. The zero-order valence-electron chi connectivity index (χ0n) is 14.1. The Balaban J connectivity index is 2.00. The number of halogens is 4. The maximum Gasteiger partial charge on any atom is 0.573 e. The van der Waals surface area contributed by atoms with Gasteiger partial charge in [-0.3, -0.25) is 4.39 Å². The molecule has 0 saturated heterocycles. The summed E-state index contributed by atoms with van der Waals surface area (Å²) in [5.74, 6) is 0.235. The van der Waals surface area contributed by atoms with Crippen LogP contribution < -0.4 is 14.8 Å². The van der Waals surface area contributed by atoms with Crippen molar-refractivity contribution in [3.63, 3.8) is 0 Å². The summed E-state index contributed by atoms with van der Waals surface area (Å²) in [6, 6.07) is 13.9. The van der Waals surface area contributed by atoms with Gasteiger partial charge < -0.3 is 14.8 Å². The topological polar surface area (TPSA) is 54.3 Å². The normalized spacial score (nSPS) is 11.6. The summed E-state index contributed by atoms with van der Waals surface area (Å²) < 4.78 is 57.6. The lowest BCUT2D eigenvalue weighted by Gasteiger charge is -2.09. The molecule has 0 aliphatic heterocycles. The molecule has 2 aromatic carbocycles. The number of hydrogen-bond donors (Lipinski definition) is 1. The molecule has 0 unspecified atom stereocenters. The number of allylic oxidation sites excluding steroid dienone is 1. The van der Waals surface area contributed by atoms with Crippen LogP contribution in [-0.2, 0) is 0 Å². The van der Waals surface area contributed by atoms with Gasteiger partial charge >= 0.3 is 6.36 Å². The third kappa shape index (κ3) is 6.90. The minimum Gasteiger partial charge on any atom is -0.493 e. The predicted molar refractivity (Wildman–Crippen MR) is 92.9 cm³/mol. The second kappa shape index (κ2) is 9.48. The molecule has 8 heteroatoms. The van der Waals surface area contributed by atoms with E-state index in [1.807, 2.05) is 6.07 Å². The molecule has 1 N–H and O–H groups in total. The van der Waals surface area contributed by atoms with Crippen molar-refractivity contribution >= 4 is 11.3 Å². The molecule has 0 aliphatic carbocycles. The van der Waals surface area contributed by atoms with E-state index < -0.39 is 13.0 Å². The Bertz CT molecular complexity index is 794. The summed E-state index contributed by atoms with van der Waals surface area (Å²) >= 11 is 0. The number of alkyl halides is 4. The molecule has 0 aliphatic rings. The van der Waals surface area contributed by atoms with Crippen LogP contribution in [0.5, 0.6) is 11.5 Å². The molecule has 0 saturated carbocycles.